The molecule has 28 heavy (non-hydrogen) atoms. The average molecular weight is 395 g/mol. The molecule has 0 bridgehead atoms. The Labute approximate surface area is 167 Å². The number of nitrogens with one attached hydrogen (secondary N) is 1. The summed E-state index contributed by atoms with van der Waals surface area (Å²) in [6.07, 6.45) is 0.492. The zero-order valence-electron chi connectivity index (χ0n) is 15.6. The summed E-state index contributed by atoms with van der Waals surface area (Å²) in [6.45, 7) is 2.52. The van der Waals surface area contributed by atoms with Crippen molar-refractivity contribution in [3.05, 3.63) is 70.5 Å². The molecule has 0 unspecified atom stereocenters. The highest BCUT2D eigenvalue weighted by atomic mass is 35.5. The van der Waals surface area contributed by atoms with Crippen molar-refractivity contribution in [1.82, 2.24) is 20.0 Å². The van der Waals surface area contributed by atoms with Crippen molar-refractivity contribution in [3.8, 4) is 11.6 Å². The third-order valence-electron chi connectivity index (χ3n) is 4.56. The fourth-order valence-electron chi connectivity index (χ4n) is 3.04. The molecule has 0 aliphatic rings. The second-order valence-electron chi connectivity index (χ2n) is 6.78. The molecule has 2 aromatic carbocycles. The number of halogens is 1. The minimum atomic E-state index is -0.0998. The number of aryl methyl sites for hydroxylation is 1. The number of amides is 1. The van der Waals surface area contributed by atoms with Gasteiger partial charge < -0.3 is 14.4 Å². The molecule has 1 N–H and O–H groups in total. The molecular formula is C21H19ClN4O2. The van der Waals surface area contributed by atoms with Crippen molar-refractivity contribution in [2.75, 3.05) is 13.6 Å². The van der Waals surface area contributed by atoms with Crippen molar-refractivity contribution in [1.29, 1.82) is 0 Å². The lowest BCUT2D eigenvalue weighted by Crippen LogP contribution is -2.29. The van der Waals surface area contributed by atoms with Crippen LogP contribution in [0.2, 0.25) is 5.02 Å². The SMILES string of the molecule is Cc1ccc2[nH]c(-c3nc(CCN(C)C(=O)c4cccc(Cl)c4)no3)cc2c1. The Hall–Kier alpha value is -3.12. The number of aromatic nitrogens is 3. The zero-order valence-corrected chi connectivity index (χ0v) is 16.3. The van der Waals surface area contributed by atoms with Crippen LogP contribution in [-0.2, 0) is 6.42 Å². The zero-order chi connectivity index (χ0) is 19.7. The van der Waals surface area contributed by atoms with E-state index in [0.29, 0.717) is 35.3 Å². The summed E-state index contributed by atoms with van der Waals surface area (Å²) in [7, 11) is 1.74. The third-order valence-corrected chi connectivity index (χ3v) is 4.80. The smallest absolute Gasteiger partial charge is 0.274 e. The van der Waals surface area contributed by atoms with Gasteiger partial charge >= 0.3 is 0 Å². The first kappa shape index (κ1) is 18.3. The monoisotopic (exact) mass is 394 g/mol. The normalized spacial score (nSPS) is 11.1. The molecule has 4 rings (SSSR count). The van der Waals surface area contributed by atoms with Crippen molar-refractivity contribution in [3.63, 3.8) is 0 Å². The van der Waals surface area contributed by atoms with Crippen LogP contribution in [0.1, 0.15) is 21.7 Å². The van der Waals surface area contributed by atoms with Gasteiger partial charge in [0.2, 0.25) is 0 Å². The van der Waals surface area contributed by atoms with Crippen LogP contribution in [0.25, 0.3) is 22.5 Å². The molecule has 0 radical (unpaired) electrons. The molecule has 0 atom stereocenters. The van der Waals surface area contributed by atoms with Crippen LogP contribution in [-0.4, -0.2) is 39.5 Å². The van der Waals surface area contributed by atoms with Crippen LogP contribution in [0.3, 0.4) is 0 Å². The van der Waals surface area contributed by atoms with Crippen LogP contribution in [0.5, 0.6) is 0 Å². The maximum Gasteiger partial charge on any atom is 0.274 e. The largest absolute Gasteiger partial charge is 0.351 e. The predicted octanol–water partition coefficient (Wildman–Crippen LogP) is 4.49. The van der Waals surface area contributed by atoms with E-state index in [9.17, 15) is 4.79 Å². The molecule has 6 nitrogen and oxygen atoms in total. The summed E-state index contributed by atoms with van der Waals surface area (Å²) < 4.78 is 5.39. The summed E-state index contributed by atoms with van der Waals surface area (Å²) in [5, 5.41) is 5.67. The second-order valence-corrected chi connectivity index (χ2v) is 7.21. The topological polar surface area (TPSA) is 75.0 Å². The number of carbonyl (C=O) groups is 1. The van der Waals surface area contributed by atoms with Gasteiger partial charge in [-0.15, -0.1) is 0 Å². The summed E-state index contributed by atoms with van der Waals surface area (Å²) in [6, 6.07) is 15.1. The minimum Gasteiger partial charge on any atom is -0.351 e. The highest BCUT2D eigenvalue weighted by Gasteiger charge is 2.15. The lowest BCUT2D eigenvalue weighted by atomic mass is 10.2. The van der Waals surface area contributed by atoms with Gasteiger partial charge in [0.05, 0.1) is 0 Å². The summed E-state index contributed by atoms with van der Waals surface area (Å²) >= 11 is 5.96. The molecule has 7 heteroatoms. The second kappa shape index (κ2) is 7.48. The first-order valence-corrected chi connectivity index (χ1v) is 9.31. The predicted molar refractivity (Wildman–Crippen MR) is 108 cm³/mol. The number of H-pyrrole nitrogens is 1. The van der Waals surface area contributed by atoms with E-state index in [1.807, 2.05) is 12.1 Å². The fourth-order valence-corrected chi connectivity index (χ4v) is 3.23. The Kier molecular flexibility index (Phi) is 4.88. The van der Waals surface area contributed by atoms with Gasteiger partial charge in [0.15, 0.2) is 5.82 Å². The van der Waals surface area contributed by atoms with Crippen LogP contribution >= 0.6 is 11.6 Å². The fraction of sp³-hybridized carbons (Fsp3) is 0.190. The number of carbonyl (C=O) groups excluding carboxylic acids is 1. The highest BCUT2D eigenvalue weighted by molar-refractivity contribution is 6.30. The van der Waals surface area contributed by atoms with E-state index >= 15 is 0 Å². The van der Waals surface area contributed by atoms with Crippen molar-refractivity contribution < 1.29 is 9.32 Å². The number of benzene rings is 2. The molecule has 0 saturated heterocycles. The van der Waals surface area contributed by atoms with Gasteiger partial charge in [0.1, 0.15) is 5.69 Å². The van der Waals surface area contributed by atoms with E-state index in [0.717, 1.165) is 16.6 Å². The van der Waals surface area contributed by atoms with E-state index in [4.69, 9.17) is 16.1 Å². The summed E-state index contributed by atoms with van der Waals surface area (Å²) in [4.78, 5) is 21.8. The van der Waals surface area contributed by atoms with Gasteiger partial charge in [-0.1, -0.05) is 34.5 Å². The molecule has 142 valence electrons. The molecule has 2 aromatic heterocycles. The van der Waals surface area contributed by atoms with Gasteiger partial charge in [-0.25, -0.2) is 0 Å². The molecule has 0 aliphatic carbocycles. The van der Waals surface area contributed by atoms with Gasteiger partial charge in [0, 0.05) is 41.5 Å². The van der Waals surface area contributed by atoms with E-state index in [2.05, 4.69) is 34.2 Å². The number of nitrogens with zero attached hydrogens (tertiary/aromatic N) is 3. The van der Waals surface area contributed by atoms with Crippen molar-refractivity contribution in [2.24, 2.45) is 0 Å². The molecule has 1 amide bonds. The molecule has 0 spiro atoms. The van der Waals surface area contributed by atoms with Crippen molar-refractivity contribution >= 4 is 28.4 Å². The van der Waals surface area contributed by atoms with Gasteiger partial charge in [-0.05, 0) is 43.3 Å². The number of fused-ring (bicyclic) bond motifs is 1. The summed E-state index contributed by atoms with van der Waals surface area (Å²) in [5.41, 5.74) is 3.55. The Morgan fingerprint density at radius 2 is 2.07 bits per heavy atom. The van der Waals surface area contributed by atoms with E-state index in [1.165, 1.54) is 5.56 Å². The molecule has 0 saturated carbocycles. The molecule has 2 heterocycles. The summed E-state index contributed by atoms with van der Waals surface area (Å²) in [5.74, 6) is 0.889. The van der Waals surface area contributed by atoms with E-state index in [1.54, 1.807) is 36.2 Å². The minimum absolute atomic E-state index is 0.0998. The Bertz CT molecular complexity index is 1150. The standard InChI is InChI=1S/C21H19ClN4O2/c1-13-6-7-17-15(10-13)12-18(23-17)20-24-19(25-28-20)8-9-26(2)21(27)14-4-3-5-16(22)11-14/h3-7,10-12,23H,8-9H2,1-2H3. The van der Waals surface area contributed by atoms with Gasteiger partial charge in [-0.3, -0.25) is 4.79 Å². The molecule has 4 aromatic rings. The maximum absolute atomic E-state index is 12.5. The van der Waals surface area contributed by atoms with Crippen LogP contribution in [0.15, 0.2) is 53.1 Å². The lowest BCUT2D eigenvalue weighted by Gasteiger charge is -2.16. The first-order chi connectivity index (χ1) is 13.5. The molecule has 0 aliphatic heterocycles. The van der Waals surface area contributed by atoms with Crippen LogP contribution in [0.4, 0.5) is 0 Å². The van der Waals surface area contributed by atoms with Crippen LogP contribution in [0, 0.1) is 6.92 Å². The van der Waals surface area contributed by atoms with E-state index in [-0.39, 0.29) is 5.91 Å². The average Bonchev–Trinajstić information content (AvgIpc) is 3.31. The molecule has 0 fully saturated rings. The number of hydrogen-bond acceptors (Lipinski definition) is 4. The van der Waals surface area contributed by atoms with Crippen LogP contribution < -0.4 is 0 Å². The number of likely N-dealkylation sites (N-methyl/N-ethyl adjacent to an activating group) is 1. The Morgan fingerprint density at radius 1 is 1.21 bits per heavy atom. The lowest BCUT2D eigenvalue weighted by molar-refractivity contribution is 0.0796. The quantitative estimate of drug-likeness (QED) is 0.541. The Balaban J connectivity index is 1.43. The first-order valence-electron chi connectivity index (χ1n) is 8.93. The Morgan fingerprint density at radius 3 is 2.89 bits per heavy atom. The number of hydrogen-bond donors (Lipinski definition) is 1. The maximum atomic E-state index is 12.5. The number of rotatable bonds is 5. The van der Waals surface area contributed by atoms with Gasteiger partial charge in [0.25, 0.3) is 11.8 Å². The molecular weight excluding hydrogens is 376 g/mol. The van der Waals surface area contributed by atoms with E-state index < -0.39 is 0 Å². The van der Waals surface area contributed by atoms with Gasteiger partial charge in [-0.2, -0.15) is 4.98 Å². The highest BCUT2D eigenvalue weighted by Crippen LogP contribution is 2.23. The third kappa shape index (κ3) is 3.77. The number of aromatic amines is 1. The van der Waals surface area contributed by atoms with Crippen molar-refractivity contribution in [2.45, 2.75) is 13.3 Å².